The van der Waals surface area contributed by atoms with Gasteiger partial charge in [0.15, 0.2) is 0 Å². The number of nitrogens with zero attached hydrogens (tertiary/aromatic N) is 3. The van der Waals surface area contributed by atoms with Crippen LogP contribution in [0.3, 0.4) is 0 Å². The molecule has 0 radical (unpaired) electrons. The Hall–Kier alpha value is -1.63. The van der Waals surface area contributed by atoms with Crippen molar-refractivity contribution in [3.63, 3.8) is 0 Å². The molecule has 6 nitrogen and oxygen atoms in total. The van der Waals surface area contributed by atoms with Gasteiger partial charge in [-0.1, -0.05) is 37.6 Å². The molecule has 1 aromatic heterocycles. The van der Waals surface area contributed by atoms with Gasteiger partial charge in [0, 0.05) is 31.5 Å². The molecule has 130 valence electrons. The summed E-state index contributed by atoms with van der Waals surface area (Å²) in [5, 5.41) is 11.0. The van der Waals surface area contributed by atoms with Crippen LogP contribution in [0.2, 0.25) is 5.02 Å². The van der Waals surface area contributed by atoms with Crippen LogP contribution < -0.4 is 10.6 Å². The summed E-state index contributed by atoms with van der Waals surface area (Å²) in [5.41, 5.74) is 0.729. The Labute approximate surface area is 152 Å². The largest absolute Gasteiger partial charge is 0.349 e. The molecule has 2 aromatic rings. The fourth-order valence-corrected chi connectivity index (χ4v) is 2.62. The molecule has 2 N–H and O–H groups in total. The van der Waals surface area contributed by atoms with E-state index in [2.05, 4.69) is 20.7 Å². The monoisotopic (exact) mass is 369 g/mol. The summed E-state index contributed by atoms with van der Waals surface area (Å²) in [6.45, 7) is 6.56. The van der Waals surface area contributed by atoms with Gasteiger partial charge in [0.2, 0.25) is 5.82 Å². The first-order valence-electron chi connectivity index (χ1n) is 7.77. The van der Waals surface area contributed by atoms with Crippen molar-refractivity contribution in [3.05, 3.63) is 40.9 Å². The van der Waals surface area contributed by atoms with Crippen LogP contribution in [0.25, 0.3) is 5.69 Å². The number of hydrogen-bond donors (Lipinski definition) is 2. The SMILES string of the molecule is CC(C)c1nc(C(=O)NCC2CNC2)nn1-c1ccccc1Cl.Cl. The quantitative estimate of drug-likeness (QED) is 0.848. The zero-order valence-electron chi connectivity index (χ0n) is 13.6. The first kappa shape index (κ1) is 18.7. The van der Waals surface area contributed by atoms with Crippen LogP contribution in [0.1, 0.15) is 36.2 Å². The second-order valence-electron chi connectivity index (χ2n) is 6.05. The smallest absolute Gasteiger partial charge is 0.290 e. The molecular formula is C16H21Cl2N5O. The van der Waals surface area contributed by atoms with Gasteiger partial charge in [-0.05, 0) is 12.1 Å². The zero-order valence-corrected chi connectivity index (χ0v) is 15.2. The molecule has 0 aliphatic carbocycles. The molecule has 0 unspecified atom stereocenters. The average Bonchev–Trinajstić information content (AvgIpc) is 2.91. The third-order valence-electron chi connectivity index (χ3n) is 3.85. The summed E-state index contributed by atoms with van der Waals surface area (Å²) in [6.07, 6.45) is 0. The van der Waals surface area contributed by atoms with Crippen molar-refractivity contribution in [2.45, 2.75) is 19.8 Å². The van der Waals surface area contributed by atoms with E-state index in [1.54, 1.807) is 10.7 Å². The lowest BCUT2D eigenvalue weighted by atomic mass is 10.0. The maximum absolute atomic E-state index is 12.3. The van der Waals surface area contributed by atoms with E-state index in [9.17, 15) is 4.79 Å². The summed E-state index contributed by atoms with van der Waals surface area (Å²) >= 11 is 6.26. The van der Waals surface area contributed by atoms with Crippen LogP contribution >= 0.6 is 24.0 Å². The molecule has 1 saturated heterocycles. The third-order valence-corrected chi connectivity index (χ3v) is 4.17. The van der Waals surface area contributed by atoms with E-state index in [0.29, 0.717) is 23.3 Å². The van der Waals surface area contributed by atoms with Gasteiger partial charge >= 0.3 is 0 Å². The first-order chi connectivity index (χ1) is 11.1. The number of amides is 1. The van der Waals surface area contributed by atoms with Gasteiger partial charge in [-0.2, -0.15) is 0 Å². The van der Waals surface area contributed by atoms with Crippen molar-refractivity contribution < 1.29 is 4.79 Å². The van der Waals surface area contributed by atoms with Crippen LogP contribution in [-0.4, -0.2) is 40.3 Å². The molecule has 0 bridgehead atoms. The van der Waals surface area contributed by atoms with Crippen LogP contribution in [0.5, 0.6) is 0 Å². The summed E-state index contributed by atoms with van der Waals surface area (Å²) in [4.78, 5) is 16.7. The zero-order chi connectivity index (χ0) is 16.4. The lowest BCUT2D eigenvalue weighted by Gasteiger charge is -2.26. The highest BCUT2D eigenvalue weighted by atomic mass is 35.5. The Kier molecular flexibility index (Phi) is 6.21. The number of halogens is 2. The molecular weight excluding hydrogens is 349 g/mol. The molecule has 1 aliphatic heterocycles. The normalized spacial score (nSPS) is 14.2. The van der Waals surface area contributed by atoms with Crippen molar-refractivity contribution in [3.8, 4) is 5.69 Å². The number of para-hydroxylation sites is 1. The second-order valence-corrected chi connectivity index (χ2v) is 6.45. The molecule has 3 rings (SSSR count). The highest BCUT2D eigenvalue weighted by Gasteiger charge is 2.22. The average molecular weight is 370 g/mol. The lowest BCUT2D eigenvalue weighted by Crippen LogP contribution is -2.48. The van der Waals surface area contributed by atoms with Crippen molar-refractivity contribution in [2.75, 3.05) is 19.6 Å². The minimum Gasteiger partial charge on any atom is -0.349 e. The molecule has 1 fully saturated rings. The maximum atomic E-state index is 12.3. The van der Waals surface area contributed by atoms with Gasteiger partial charge in [0.05, 0.1) is 10.7 Å². The Bertz CT molecular complexity index is 712. The van der Waals surface area contributed by atoms with E-state index in [1.165, 1.54) is 0 Å². The maximum Gasteiger partial charge on any atom is 0.290 e. The number of benzene rings is 1. The Morgan fingerprint density at radius 3 is 2.71 bits per heavy atom. The standard InChI is InChI=1S/C16H20ClN5O.ClH/c1-10(2)15-20-14(16(23)19-9-11-7-18-8-11)21-22(15)13-6-4-3-5-12(13)17;/h3-6,10-11,18H,7-9H2,1-2H3,(H,19,23);1H. The van der Waals surface area contributed by atoms with E-state index in [-0.39, 0.29) is 30.1 Å². The molecule has 2 heterocycles. The number of aromatic nitrogens is 3. The predicted octanol–water partition coefficient (Wildman–Crippen LogP) is 2.42. The van der Waals surface area contributed by atoms with Gasteiger partial charge in [-0.25, -0.2) is 9.67 Å². The van der Waals surface area contributed by atoms with E-state index in [4.69, 9.17) is 11.6 Å². The van der Waals surface area contributed by atoms with Crippen LogP contribution in [0, 0.1) is 5.92 Å². The third kappa shape index (κ3) is 3.88. The van der Waals surface area contributed by atoms with Crippen molar-refractivity contribution >= 4 is 29.9 Å². The lowest BCUT2D eigenvalue weighted by molar-refractivity contribution is 0.0932. The highest BCUT2D eigenvalue weighted by molar-refractivity contribution is 6.32. The summed E-state index contributed by atoms with van der Waals surface area (Å²) < 4.78 is 1.66. The van der Waals surface area contributed by atoms with E-state index >= 15 is 0 Å². The number of carbonyl (C=O) groups excluding carboxylic acids is 1. The van der Waals surface area contributed by atoms with Gasteiger partial charge in [0.1, 0.15) is 5.82 Å². The van der Waals surface area contributed by atoms with Crippen molar-refractivity contribution in [2.24, 2.45) is 5.92 Å². The Morgan fingerprint density at radius 2 is 2.12 bits per heavy atom. The number of carbonyl (C=O) groups is 1. The van der Waals surface area contributed by atoms with Gasteiger partial charge in [0.25, 0.3) is 5.91 Å². The molecule has 0 spiro atoms. The van der Waals surface area contributed by atoms with Gasteiger partial charge in [-0.15, -0.1) is 17.5 Å². The Balaban J connectivity index is 0.00000208. The van der Waals surface area contributed by atoms with Crippen molar-refractivity contribution in [1.29, 1.82) is 0 Å². The molecule has 0 saturated carbocycles. The van der Waals surface area contributed by atoms with Crippen LogP contribution in [0.15, 0.2) is 24.3 Å². The fourth-order valence-electron chi connectivity index (χ4n) is 2.40. The molecule has 0 atom stereocenters. The minimum absolute atomic E-state index is 0. The van der Waals surface area contributed by atoms with Gasteiger partial charge < -0.3 is 10.6 Å². The van der Waals surface area contributed by atoms with E-state index in [1.807, 2.05) is 32.0 Å². The van der Waals surface area contributed by atoms with Gasteiger partial charge in [-0.3, -0.25) is 4.79 Å². The number of nitrogens with one attached hydrogen (secondary N) is 2. The molecule has 1 amide bonds. The summed E-state index contributed by atoms with van der Waals surface area (Å²) in [6, 6.07) is 7.41. The second kappa shape index (κ2) is 7.96. The summed E-state index contributed by atoms with van der Waals surface area (Å²) in [5.74, 6) is 1.27. The fraction of sp³-hybridized carbons (Fsp3) is 0.438. The minimum atomic E-state index is -0.246. The number of rotatable bonds is 5. The first-order valence-corrected chi connectivity index (χ1v) is 8.15. The topological polar surface area (TPSA) is 71.8 Å². The van der Waals surface area contributed by atoms with E-state index in [0.717, 1.165) is 18.8 Å². The predicted molar refractivity (Wildman–Crippen MR) is 96.4 cm³/mol. The van der Waals surface area contributed by atoms with Crippen LogP contribution in [-0.2, 0) is 0 Å². The van der Waals surface area contributed by atoms with Crippen molar-refractivity contribution in [1.82, 2.24) is 25.4 Å². The van der Waals surface area contributed by atoms with E-state index < -0.39 is 0 Å². The number of hydrogen-bond acceptors (Lipinski definition) is 4. The molecule has 1 aliphatic rings. The molecule has 8 heteroatoms. The Morgan fingerprint density at radius 1 is 1.42 bits per heavy atom. The highest BCUT2D eigenvalue weighted by Crippen LogP contribution is 2.23. The summed E-state index contributed by atoms with van der Waals surface area (Å²) in [7, 11) is 0. The van der Waals surface area contributed by atoms with Crippen LogP contribution in [0.4, 0.5) is 0 Å². The molecule has 1 aromatic carbocycles. The molecule has 24 heavy (non-hydrogen) atoms.